The summed E-state index contributed by atoms with van der Waals surface area (Å²) in [6.07, 6.45) is 1.03. The summed E-state index contributed by atoms with van der Waals surface area (Å²) in [6.45, 7) is 4.24. The molecule has 0 amide bonds. The van der Waals surface area contributed by atoms with Crippen LogP contribution in [0.25, 0.3) is 0 Å². The topological polar surface area (TPSA) is 12.0 Å². The van der Waals surface area contributed by atoms with Crippen LogP contribution in [0.3, 0.4) is 0 Å². The third kappa shape index (κ3) is 3.02. The molecule has 0 heterocycles. The van der Waals surface area contributed by atoms with E-state index < -0.39 is 0 Å². The highest BCUT2D eigenvalue weighted by Crippen LogP contribution is 2.27. The Morgan fingerprint density at radius 3 is 2.60 bits per heavy atom. The Balaban J connectivity index is 3.01. The van der Waals surface area contributed by atoms with Crippen molar-refractivity contribution in [2.75, 3.05) is 7.05 Å². The first kappa shape index (κ1) is 12.7. The molecule has 1 aromatic rings. The van der Waals surface area contributed by atoms with Crippen LogP contribution in [0.5, 0.6) is 0 Å². The molecule has 15 heavy (non-hydrogen) atoms. The number of halogens is 2. The average molecular weight is 274 g/mol. The maximum atomic E-state index is 13.7. The lowest BCUT2D eigenvalue weighted by atomic mass is 9.92. The Kier molecular flexibility index (Phi) is 4.74. The van der Waals surface area contributed by atoms with Crippen molar-refractivity contribution >= 4 is 15.9 Å². The predicted molar refractivity (Wildman–Crippen MR) is 65.4 cm³/mol. The number of hydrogen-bond donors (Lipinski definition) is 1. The third-order valence-corrected chi connectivity index (χ3v) is 3.31. The van der Waals surface area contributed by atoms with Crippen molar-refractivity contribution in [2.45, 2.75) is 26.3 Å². The van der Waals surface area contributed by atoms with Crippen LogP contribution in [0.1, 0.15) is 31.9 Å². The van der Waals surface area contributed by atoms with Gasteiger partial charge in [0.15, 0.2) is 0 Å². The second-order valence-electron chi connectivity index (χ2n) is 3.82. The van der Waals surface area contributed by atoms with Gasteiger partial charge in [0.2, 0.25) is 0 Å². The molecule has 0 aliphatic rings. The van der Waals surface area contributed by atoms with Gasteiger partial charge in [-0.2, -0.15) is 0 Å². The Hall–Kier alpha value is -0.410. The molecular weight excluding hydrogens is 257 g/mol. The second-order valence-corrected chi connectivity index (χ2v) is 4.73. The molecule has 84 valence electrons. The van der Waals surface area contributed by atoms with E-state index in [1.807, 2.05) is 19.2 Å². The van der Waals surface area contributed by atoms with Crippen molar-refractivity contribution < 1.29 is 4.39 Å². The molecule has 0 fully saturated rings. The molecule has 1 nitrogen and oxygen atoms in total. The van der Waals surface area contributed by atoms with Gasteiger partial charge in [-0.25, -0.2) is 4.39 Å². The van der Waals surface area contributed by atoms with Gasteiger partial charge in [-0.15, -0.1) is 0 Å². The molecule has 0 aliphatic carbocycles. The van der Waals surface area contributed by atoms with Crippen molar-refractivity contribution in [1.82, 2.24) is 5.32 Å². The highest BCUT2D eigenvalue weighted by atomic mass is 79.9. The van der Waals surface area contributed by atoms with Crippen molar-refractivity contribution in [3.8, 4) is 0 Å². The Bertz CT molecular complexity index is 327. The van der Waals surface area contributed by atoms with Crippen LogP contribution in [0.15, 0.2) is 22.7 Å². The maximum Gasteiger partial charge on any atom is 0.129 e. The van der Waals surface area contributed by atoms with Gasteiger partial charge in [0.05, 0.1) is 0 Å². The molecule has 0 saturated carbocycles. The lowest BCUT2D eigenvalue weighted by molar-refractivity contribution is 0.387. The number of nitrogens with one attached hydrogen (secondary N) is 1. The fourth-order valence-corrected chi connectivity index (χ4v) is 2.07. The molecular formula is C12H17BrFN. The molecule has 0 bridgehead atoms. The molecule has 2 unspecified atom stereocenters. The molecule has 0 saturated heterocycles. The van der Waals surface area contributed by atoms with Crippen molar-refractivity contribution in [2.24, 2.45) is 5.92 Å². The first-order valence-electron chi connectivity index (χ1n) is 5.22. The van der Waals surface area contributed by atoms with E-state index in [1.165, 1.54) is 6.07 Å². The van der Waals surface area contributed by atoms with Gasteiger partial charge in [0.1, 0.15) is 5.82 Å². The van der Waals surface area contributed by atoms with Gasteiger partial charge in [-0.1, -0.05) is 42.3 Å². The van der Waals surface area contributed by atoms with E-state index >= 15 is 0 Å². The van der Waals surface area contributed by atoms with Gasteiger partial charge in [-0.05, 0) is 25.1 Å². The molecule has 1 rings (SSSR count). The van der Waals surface area contributed by atoms with E-state index in [0.29, 0.717) is 5.92 Å². The van der Waals surface area contributed by atoms with E-state index in [-0.39, 0.29) is 11.9 Å². The Morgan fingerprint density at radius 1 is 1.47 bits per heavy atom. The Labute approximate surface area is 99.2 Å². The third-order valence-electron chi connectivity index (χ3n) is 2.82. The van der Waals surface area contributed by atoms with Gasteiger partial charge < -0.3 is 5.32 Å². The molecule has 0 aromatic heterocycles. The minimum Gasteiger partial charge on any atom is -0.313 e. The van der Waals surface area contributed by atoms with Gasteiger partial charge in [0, 0.05) is 16.1 Å². The fraction of sp³-hybridized carbons (Fsp3) is 0.500. The molecule has 0 spiro atoms. The summed E-state index contributed by atoms with van der Waals surface area (Å²) in [4.78, 5) is 0. The lowest BCUT2D eigenvalue weighted by Gasteiger charge is -2.23. The van der Waals surface area contributed by atoms with Crippen LogP contribution in [0, 0.1) is 11.7 Å². The van der Waals surface area contributed by atoms with Crippen LogP contribution >= 0.6 is 15.9 Å². The first-order chi connectivity index (χ1) is 7.10. The molecule has 0 aliphatic heterocycles. The molecule has 1 aromatic carbocycles. The van der Waals surface area contributed by atoms with Crippen molar-refractivity contribution in [3.05, 3.63) is 34.1 Å². The van der Waals surface area contributed by atoms with Gasteiger partial charge in [0.25, 0.3) is 0 Å². The van der Waals surface area contributed by atoms with Crippen LogP contribution in [0.4, 0.5) is 4.39 Å². The highest BCUT2D eigenvalue weighted by Gasteiger charge is 2.19. The van der Waals surface area contributed by atoms with E-state index in [1.54, 1.807) is 0 Å². The van der Waals surface area contributed by atoms with Crippen molar-refractivity contribution in [3.63, 3.8) is 0 Å². The average Bonchev–Trinajstić information content (AvgIpc) is 2.21. The van der Waals surface area contributed by atoms with E-state index in [4.69, 9.17) is 0 Å². The molecule has 0 radical (unpaired) electrons. The van der Waals surface area contributed by atoms with Crippen LogP contribution in [-0.2, 0) is 0 Å². The summed E-state index contributed by atoms with van der Waals surface area (Å²) in [6, 6.07) is 5.32. The highest BCUT2D eigenvalue weighted by molar-refractivity contribution is 9.10. The number of hydrogen-bond acceptors (Lipinski definition) is 1. The summed E-state index contributed by atoms with van der Waals surface area (Å²) in [5, 5.41) is 3.17. The predicted octanol–water partition coefficient (Wildman–Crippen LogP) is 3.89. The minimum atomic E-state index is -0.149. The smallest absolute Gasteiger partial charge is 0.129 e. The SMILES string of the molecule is CCC(C)C(NC)c1ccc(Br)cc1F. The zero-order chi connectivity index (χ0) is 11.4. The summed E-state index contributed by atoms with van der Waals surface area (Å²) in [5.41, 5.74) is 0.745. The fourth-order valence-electron chi connectivity index (χ4n) is 1.74. The largest absolute Gasteiger partial charge is 0.313 e. The quantitative estimate of drug-likeness (QED) is 0.878. The van der Waals surface area contributed by atoms with Crippen LogP contribution in [-0.4, -0.2) is 7.05 Å². The normalized spacial score (nSPS) is 15.0. The van der Waals surface area contributed by atoms with Crippen LogP contribution in [0.2, 0.25) is 0 Å². The van der Waals surface area contributed by atoms with Gasteiger partial charge in [-0.3, -0.25) is 0 Å². The summed E-state index contributed by atoms with van der Waals surface area (Å²) in [5.74, 6) is 0.273. The molecule has 3 heteroatoms. The zero-order valence-corrected chi connectivity index (χ0v) is 10.9. The van der Waals surface area contributed by atoms with E-state index in [0.717, 1.165) is 16.5 Å². The van der Waals surface area contributed by atoms with Gasteiger partial charge >= 0.3 is 0 Å². The minimum absolute atomic E-state index is 0.0862. The molecule has 1 N–H and O–H groups in total. The number of benzene rings is 1. The summed E-state index contributed by atoms with van der Waals surface area (Å²) < 4.78 is 14.5. The molecule has 2 atom stereocenters. The lowest BCUT2D eigenvalue weighted by Crippen LogP contribution is -2.24. The first-order valence-corrected chi connectivity index (χ1v) is 6.01. The van der Waals surface area contributed by atoms with Crippen LogP contribution < -0.4 is 5.32 Å². The van der Waals surface area contributed by atoms with E-state index in [9.17, 15) is 4.39 Å². The zero-order valence-electron chi connectivity index (χ0n) is 9.35. The summed E-state index contributed by atoms with van der Waals surface area (Å²) >= 11 is 3.26. The standard InChI is InChI=1S/C12H17BrFN/c1-4-8(2)12(15-3)10-6-5-9(13)7-11(10)14/h5-8,12,15H,4H2,1-3H3. The maximum absolute atomic E-state index is 13.7. The monoisotopic (exact) mass is 273 g/mol. The van der Waals surface area contributed by atoms with E-state index in [2.05, 4.69) is 35.1 Å². The Morgan fingerprint density at radius 2 is 2.13 bits per heavy atom. The van der Waals surface area contributed by atoms with Crippen molar-refractivity contribution in [1.29, 1.82) is 0 Å². The number of rotatable bonds is 4. The second kappa shape index (κ2) is 5.61. The summed E-state index contributed by atoms with van der Waals surface area (Å²) in [7, 11) is 1.87.